The van der Waals surface area contributed by atoms with Crippen LogP contribution in [0.25, 0.3) is 0 Å². The number of amides is 1. The van der Waals surface area contributed by atoms with Gasteiger partial charge in [0.25, 0.3) is 0 Å². The van der Waals surface area contributed by atoms with E-state index in [1.165, 1.54) is 0 Å². The van der Waals surface area contributed by atoms with Gasteiger partial charge < -0.3 is 19.9 Å². The van der Waals surface area contributed by atoms with Crippen molar-refractivity contribution >= 4 is 6.09 Å². The molecule has 1 aromatic carbocycles. The number of ether oxygens (including phenoxy) is 2. The van der Waals surface area contributed by atoms with Gasteiger partial charge in [0.15, 0.2) is 0 Å². The van der Waals surface area contributed by atoms with E-state index in [0.717, 1.165) is 0 Å². The van der Waals surface area contributed by atoms with E-state index in [2.05, 4.69) is 5.32 Å². The van der Waals surface area contributed by atoms with Gasteiger partial charge in [-0.25, -0.2) is 4.79 Å². The van der Waals surface area contributed by atoms with Crippen LogP contribution < -0.4 is 10.1 Å². The molecule has 5 heteroatoms. The number of hydrogen-bond donors (Lipinski definition) is 2. The van der Waals surface area contributed by atoms with Crippen LogP contribution in [0, 0.1) is 0 Å². The Hall–Kier alpha value is -1.75. The van der Waals surface area contributed by atoms with Gasteiger partial charge in [-0.05, 0) is 52.3 Å². The van der Waals surface area contributed by atoms with Gasteiger partial charge in [0.05, 0.1) is 18.8 Å². The standard InChI is InChI=1S/C16H25NO4/c1-11(2)20-13-8-6-7-12(9-13)14(18)10-17-15(19)21-16(3,4)5/h6-9,11,14,18H,10H2,1-5H3,(H,17,19). The Bertz CT molecular complexity index is 466. The average molecular weight is 295 g/mol. The second-order valence-corrected chi connectivity index (χ2v) is 6.14. The first-order valence-corrected chi connectivity index (χ1v) is 7.09. The molecule has 1 aromatic rings. The maximum atomic E-state index is 11.5. The number of carbonyl (C=O) groups is 1. The summed E-state index contributed by atoms with van der Waals surface area (Å²) in [5.41, 5.74) is 0.129. The van der Waals surface area contributed by atoms with Crippen LogP contribution in [0.3, 0.4) is 0 Å². The predicted octanol–water partition coefficient (Wildman–Crippen LogP) is 3.03. The highest BCUT2D eigenvalue weighted by molar-refractivity contribution is 5.67. The van der Waals surface area contributed by atoms with Crippen molar-refractivity contribution in [1.29, 1.82) is 0 Å². The fourth-order valence-corrected chi connectivity index (χ4v) is 1.68. The van der Waals surface area contributed by atoms with Crippen molar-refractivity contribution in [3.8, 4) is 5.75 Å². The van der Waals surface area contributed by atoms with Crippen molar-refractivity contribution in [3.63, 3.8) is 0 Å². The van der Waals surface area contributed by atoms with Crippen molar-refractivity contribution in [2.45, 2.75) is 52.4 Å². The number of nitrogens with one attached hydrogen (secondary N) is 1. The summed E-state index contributed by atoms with van der Waals surface area (Å²) in [6.45, 7) is 9.32. The molecular formula is C16H25NO4. The topological polar surface area (TPSA) is 67.8 Å². The van der Waals surface area contributed by atoms with Gasteiger partial charge in [-0.1, -0.05) is 12.1 Å². The number of rotatable bonds is 5. The molecule has 1 rings (SSSR count). The molecular weight excluding hydrogens is 270 g/mol. The molecule has 0 aliphatic rings. The van der Waals surface area contributed by atoms with Gasteiger partial charge in [-0.2, -0.15) is 0 Å². The first-order chi connectivity index (χ1) is 9.67. The molecule has 0 bridgehead atoms. The summed E-state index contributed by atoms with van der Waals surface area (Å²) < 4.78 is 10.7. The fraction of sp³-hybridized carbons (Fsp3) is 0.562. The maximum Gasteiger partial charge on any atom is 0.407 e. The van der Waals surface area contributed by atoms with Crippen molar-refractivity contribution in [2.24, 2.45) is 0 Å². The number of aliphatic hydroxyl groups excluding tert-OH is 1. The van der Waals surface area contributed by atoms with Crippen LogP contribution >= 0.6 is 0 Å². The van der Waals surface area contributed by atoms with Crippen molar-refractivity contribution in [1.82, 2.24) is 5.32 Å². The Morgan fingerprint density at radius 2 is 2.00 bits per heavy atom. The van der Waals surface area contributed by atoms with Gasteiger partial charge in [0.2, 0.25) is 0 Å². The molecule has 0 saturated carbocycles. The molecule has 0 fully saturated rings. The van der Waals surface area contributed by atoms with E-state index in [0.29, 0.717) is 11.3 Å². The zero-order chi connectivity index (χ0) is 16.0. The Morgan fingerprint density at radius 3 is 2.57 bits per heavy atom. The lowest BCUT2D eigenvalue weighted by molar-refractivity contribution is 0.0492. The minimum absolute atomic E-state index is 0.0669. The van der Waals surface area contributed by atoms with E-state index in [1.54, 1.807) is 32.9 Å². The lowest BCUT2D eigenvalue weighted by Crippen LogP contribution is -2.34. The second-order valence-electron chi connectivity index (χ2n) is 6.14. The SMILES string of the molecule is CC(C)Oc1cccc(C(O)CNC(=O)OC(C)(C)C)c1. The summed E-state index contributed by atoms with van der Waals surface area (Å²) in [6.07, 6.45) is -1.29. The minimum atomic E-state index is -0.812. The van der Waals surface area contributed by atoms with E-state index in [4.69, 9.17) is 9.47 Å². The van der Waals surface area contributed by atoms with Gasteiger partial charge in [0.1, 0.15) is 11.4 Å². The van der Waals surface area contributed by atoms with E-state index in [1.807, 2.05) is 26.0 Å². The van der Waals surface area contributed by atoms with Gasteiger partial charge in [0, 0.05) is 0 Å². The van der Waals surface area contributed by atoms with Crippen LogP contribution in [0.2, 0.25) is 0 Å². The summed E-state index contributed by atoms with van der Waals surface area (Å²) in [4.78, 5) is 11.5. The third kappa shape index (κ3) is 6.99. The van der Waals surface area contributed by atoms with E-state index in [-0.39, 0.29) is 12.6 Å². The molecule has 0 aromatic heterocycles. The molecule has 2 N–H and O–H groups in total. The lowest BCUT2D eigenvalue weighted by atomic mass is 10.1. The Kier molecular flexibility index (Phi) is 6.03. The molecule has 0 aliphatic carbocycles. The van der Waals surface area contributed by atoms with Crippen LogP contribution in [-0.4, -0.2) is 29.4 Å². The predicted molar refractivity (Wildman–Crippen MR) is 81.4 cm³/mol. The molecule has 5 nitrogen and oxygen atoms in total. The van der Waals surface area contributed by atoms with E-state index >= 15 is 0 Å². The summed E-state index contributed by atoms with van der Waals surface area (Å²) in [5.74, 6) is 0.693. The molecule has 0 aliphatic heterocycles. The Labute approximate surface area is 126 Å². The zero-order valence-electron chi connectivity index (χ0n) is 13.3. The number of aliphatic hydroxyl groups is 1. The maximum absolute atomic E-state index is 11.5. The highest BCUT2D eigenvalue weighted by atomic mass is 16.6. The zero-order valence-corrected chi connectivity index (χ0v) is 13.3. The average Bonchev–Trinajstić information content (AvgIpc) is 2.33. The normalized spacial score (nSPS) is 12.9. The van der Waals surface area contributed by atoms with Crippen LogP contribution in [-0.2, 0) is 4.74 Å². The molecule has 1 unspecified atom stereocenters. The van der Waals surface area contributed by atoms with Crippen LogP contribution in [0.4, 0.5) is 4.79 Å². The smallest absolute Gasteiger partial charge is 0.407 e. The molecule has 1 amide bonds. The monoisotopic (exact) mass is 295 g/mol. The summed E-state index contributed by atoms with van der Waals surface area (Å²) in [6, 6.07) is 7.19. The minimum Gasteiger partial charge on any atom is -0.491 e. The van der Waals surface area contributed by atoms with Crippen LogP contribution in [0.15, 0.2) is 24.3 Å². The largest absolute Gasteiger partial charge is 0.491 e. The Morgan fingerprint density at radius 1 is 1.33 bits per heavy atom. The van der Waals surface area contributed by atoms with Crippen molar-refractivity contribution in [2.75, 3.05) is 6.54 Å². The third-order valence-corrected chi connectivity index (χ3v) is 2.45. The quantitative estimate of drug-likeness (QED) is 0.876. The van der Waals surface area contributed by atoms with E-state index in [9.17, 15) is 9.90 Å². The molecule has 0 radical (unpaired) electrons. The number of benzene rings is 1. The molecule has 21 heavy (non-hydrogen) atoms. The molecule has 1 atom stereocenters. The third-order valence-electron chi connectivity index (χ3n) is 2.45. The van der Waals surface area contributed by atoms with Crippen molar-refractivity contribution in [3.05, 3.63) is 29.8 Å². The highest BCUT2D eigenvalue weighted by Gasteiger charge is 2.17. The van der Waals surface area contributed by atoms with Gasteiger partial charge in [-0.15, -0.1) is 0 Å². The van der Waals surface area contributed by atoms with Gasteiger partial charge >= 0.3 is 6.09 Å². The molecule has 0 spiro atoms. The molecule has 0 heterocycles. The number of hydrogen-bond acceptors (Lipinski definition) is 4. The van der Waals surface area contributed by atoms with Crippen LogP contribution in [0.1, 0.15) is 46.3 Å². The summed E-state index contributed by atoms with van der Waals surface area (Å²) in [7, 11) is 0. The van der Waals surface area contributed by atoms with Crippen molar-refractivity contribution < 1.29 is 19.4 Å². The highest BCUT2D eigenvalue weighted by Crippen LogP contribution is 2.20. The summed E-state index contributed by atoms with van der Waals surface area (Å²) in [5, 5.41) is 12.6. The first kappa shape index (κ1) is 17.3. The summed E-state index contributed by atoms with van der Waals surface area (Å²) >= 11 is 0. The van der Waals surface area contributed by atoms with Crippen LogP contribution in [0.5, 0.6) is 5.75 Å². The number of carbonyl (C=O) groups excluding carboxylic acids is 1. The second kappa shape index (κ2) is 7.31. The molecule has 118 valence electrons. The lowest BCUT2D eigenvalue weighted by Gasteiger charge is -2.20. The fourth-order valence-electron chi connectivity index (χ4n) is 1.68. The first-order valence-electron chi connectivity index (χ1n) is 7.09. The van der Waals surface area contributed by atoms with Gasteiger partial charge in [-0.3, -0.25) is 0 Å². The molecule has 0 saturated heterocycles. The van der Waals surface area contributed by atoms with E-state index < -0.39 is 17.8 Å². The number of alkyl carbamates (subject to hydrolysis) is 1. The Balaban J connectivity index is 2.55.